The van der Waals surface area contributed by atoms with Crippen LogP contribution in [0.3, 0.4) is 0 Å². The molecule has 0 saturated carbocycles. The predicted octanol–water partition coefficient (Wildman–Crippen LogP) is 3.47. The maximum absolute atomic E-state index is 4.44. The quantitative estimate of drug-likeness (QED) is 0.591. The van der Waals surface area contributed by atoms with Crippen molar-refractivity contribution in [2.45, 2.75) is 18.6 Å². The topological polar surface area (TPSA) is 0 Å². The van der Waals surface area contributed by atoms with E-state index in [1.807, 2.05) is 18.2 Å². The number of halogens is 1. The first kappa shape index (κ1) is 11.3. The standard InChI is InChI=1S/C9H12S.HI/c1-9(2,10)8-6-4-3-5-7-8;/h3-7,10H,1-2H3;1H. The van der Waals surface area contributed by atoms with Gasteiger partial charge in [0.2, 0.25) is 0 Å². The van der Waals surface area contributed by atoms with E-state index in [9.17, 15) is 0 Å². The molecule has 0 aliphatic heterocycles. The van der Waals surface area contributed by atoms with Crippen molar-refractivity contribution in [2.75, 3.05) is 0 Å². The maximum atomic E-state index is 4.44. The number of hydrogen-bond donors (Lipinski definition) is 1. The van der Waals surface area contributed by atoms with Gasteiger partial charge in [0.15, 0.2) is 0 Å². The van der Waals surface area contributed by atoms with Gasteiger partial charge in [-0.25, -0.2) is 0 Å². The van der Waals surface area contributed by atoms with Crippen molar-refractivity contribution >= 4 is 36.6 Å². The zero-order valence-corrected chi connectivity index (χ0v) is 9.97. The monoisotopic (exact) mass is 280 g/mol. The Kier molecular flexibility index (Phi) is 4.48. The van der Waals surface area contributed by atoms with Gasteiger partial charge in [-0.2, -0.15) is 12.6 Å². The lowest BCUT2D eigenvalue weighted by molar-refractivity contribution is 0.791. The molecular formula is C9H13IS. The van der Waals surface area contributed by atoms with Gasteiger partial charge in [0.25, 0.3) is 0 Å². The largest absolute Gasteiger partial charge is 0.168 e. The van der Waals surface area contributed by atoms with E-state index >= 15 is 0 Å². The lowest BCUT2D eigenvalue weighted by atomic mass is 10.0. The first-order valence-electron chi connectivity index (χ1n) is 3.38. The van der Waals surface area contributed by atoms with Crippen LogP contribution in [0.15, 0.2) is 30.3 Å². The van der Waals surface area contributed by atoms with E-state index in [1.165, 1.54) is 5.56 Å². The number of rotatable bonds is 1. The van der Waals surface area contributed by atoms with Crippen molar-refractivity contribution in [2.24, 2.45) is 0 Å². The molecule has 1 aromatic carbocycles. The van der Waals surface area contributed by atoms with E-state index < -0.39 is 0 Å². The number of hydrogen-bond acceptors (Lipinski definition) is 1. The van der Waals surface area contributed by atoms with E-state index in [4.69, 9.17) is 0 Å². The second-order valence-corrected chi connectivity index (χ2v) is 4.04. The molecule has 0 amide bonds. The van der Waals surface area contributed by atoms with Crippen molar-refractivity contribution in [1.29, 1.82) is 0 Å². The second kappa shape index (κ2) is 4.36. The van der Waals surface area contributed by atoms with Gasteiger partial charge >= 0.3 is 0 Å². The molecule has 0 N–H and O–H groups in total. The SMILES string of the molecule is CC(C)(S)c1ccccc1.I. The van der Waals surface area contributed by atoms with Crippen molar-refractivity contribution in [3.8, 4) is 0 Å². The molecule has 0 saturated heterocycles. The summed E-state index contributed by atoms with van der Waals surface area (Å²) in [6, 6.07) is 10.3. The third-order valence-electron chi connectivity index (χ3n) is 1.48. The summed E-state index contributed by atoms with van der Waals surface area (Å²) in [5.74, 6) is 0. The van der Waals surface area contributed by atoms with Crippen LogP contribution in [0.5, 0.6) is 0 Å². The predicted molar refractivity (Wildman–Crippen MR) is 63.9 cm³/mol. The van der Waals surface area contributed by atoms with E-state index in [0.29, 0.717) is 0 Å². The minimum Gasteiger partial charge on any atom is -0.168 e. The van der Waals surface area contributed by atoms with Crippen molar-refractivity contribution in [3.63, 3.8) is 0 Å². The van der Waals surface area contributed by atoms with Crippen LogP contribution in [-0.2, 0) is 4.75 Å². The van der Waals surface area contributed by atoms with Gasteiger partial charge in [0, 0.05) is 4.75 Å². The zero-order chi connectivity index (χ0) is 7.61. The highest BCUT2D eigenvalue weighted by Gasteiger charge is 2.12. The van der Waals surface area contributed by atoms with Gasteiger partial charge < -0.3 is 0 Å². The summed E-state index contributed by atoms with van der Waals surface area (Å²) in [6.07, 6.45) is 0. The molecule has 0 spiro atoms. The summed E-state index contributed by atoms with van der Waals surface area (Å²) >= 11 is 4.44. The molecule has 2 heteroatoms. The zero-order valence-electron chi connectivity index (χ0n) is 6.74. The second-order valence-electron chi connectivity index (χ2n) is 2.93. The van der Waals surface area contributed by atoms with Gasteiger partial charge in [-0.05, 0) is 19.4 Å². The number of benzene rings is 1. The van der Waals surface area contributed by atoms with Gasteiger partial charge in [0.05, 0.1) is 0 Å². The van der Waals surface area contributed by atoms with Crippen LogP contribution in [0.4, 0.5) is 0 Å². The molecule has 0 fully saturated rings. The molecule has 0 aromatic heterocycles. The molecule has 1 rings (SSSR count). The fourth-order valence-electron chi connectivity index (χ4n) is 0.846. The summed E-state index contributed by atoms with van der Waals surface area (Å²) in [5.41, 5.74) is 1.26. The van der Waals surface area contributed by atoms with Crippen LogP contribution in [0.2, 0.25) is 0 Å². The minimum absolute atomic E-state index is 0. The van der Waals surface area contributed by atoms with Crippen LogP contribution in [0.25, 0.3) is 0 Å². The van der Waals surface area contributed by atoms with E-state index in [0.717, 1.165) is 0 Å². The molecule has 0 bridgehead atoms. The Balaban J connectivity index is 0.000001000. The van der Waals surface area contributed by atoms with Crippen molar-refractivity contribution in [1.82, 2.24) is 0 Å². The van der Waals surface area contributed by atoms with Crippen LogP contribution >= 0.6 is 36.6 Å². The Bertz CT molecular complexity index is 201. The summed E-state index contributed by atoms with van der Waals surface area (Å²) in [5, 5.41) is 0. The van der Waals surface area contributed by atoms with Crippen molar-refractivity contribution < 1.29 is 0 Å². The minimum atomic E-state index is -0.0126. The average Bonchev–Trinajstić information content (AvgIpc) is 1.88. The van der Waals surface area contributed by atoms with Crippen LogP contribution in [0.1, 0.15) is 19.4 Å². The first-order valence-corrected chi connectivity index (χ1v) is 3.83. The smallest absolute Gasteiger partial charge is 0.0322 e. The maximum Gasteiger partial charge on any atom is 0.0322 e. The fourth-order valence-corrected chi connectivity index (χ4v) is 0.995. The molecule has 0 unspecified atom stereocenters. The Morgan fingerprint density at radius 2 is 1.55 bits per heavy atom. The molecule has 62 valence electrons. The molecule has 0 aliphatic carbocycles. The third kappa shape index (κ3) is 3.47. The normalized spacial score (nSPS) is 10.5. The van der Waals surface area contributed by atoms with Gasteiger partial charge in [-0.15, -0.1) is 24.0 Å². The molecule has 0 heterocycles. The lowest BCUT2D eigenvalue weighted by Crippen LogP contribution is -2.06. The highest BCUT2D eigenvalue weighted by Crippen LogP contribution is 2.25. The molecular weight excluding hydrogens is 267 g/mol. The molecule has 1 aromatic rings. The number of thiol groups is 1. The van der Waals surface area contributed by atoms with Gasteiger partial charge in [0.1, 0.15) is 0 Å². The average molecular weight is 280 g/mol. The van der Waals surface area contributed by atoms with Crippen LogP contribution < -0.4 is 0 Å². The Labute approximate surface area is 90.8 Å². The van der Waals surface area contributed by atoms with E-state index in [2.05, 4.69) is 38.6 Å². The van der Waals surface area contributed by atoms with Crippen LogP contribution in [0, 0.1) is 0 Å². The summed E-state index contributed by atoms with van der Waals surface area (Å²) in [6.45, 7) is 4.18. The van der Waals surface area contributed by atoms with Gasteiger partial charge in [-0.3, -0.25) is 0 Å². The van der Waals surface area contributed by atoms with Crippen molar-refractivity contribution in [3.05, 3.63) is 35.9 Å². The molecule has 0 nitrogen and oxygen atoms in total. The molecule has 0 radical (unpaired) electrons. The van der Waals surface area contributed by atoms with Gasteiger partial charge in [-0.1, -0.05) is 30.3 Å². The van der Waals surface area contributed by atoms with Crippen LogP contribution in [-0.4, -0.2) is 0 Å². The Morgan fingerprint density at radius 1 is 1.09 bits per heavy atom. The Hall–Kier alpha value is 0.300. The Morgan fingerprint density at radius 3 is 1.82 bits per heavy atom. The van der Waals surface area contributed by atoms with E-state index in [-0.39, 0.29) is 28.7 Å². The summed E-state index contributed by atoms with van der Waals surface area (Å²) < 4.78 is -0.0126. The molecule has 0 atom stereocenters. The summed E-state index contributed by atoms with van der Waals surface area (Å²) in [7, 11) is 0. The third-order valence-corrected chi connectivity index (χ3v) is 1.74. The molecule has 0 aliphatic rings. The lowest BCUT2D eigenvalue weighted by Gasteiger charge is -2.16. The summed E-state index contributed by atoms with van der Waals surface area (Å²) in [4.78, 5) is 0. The fraction of sp³-hybridized carbons (Fsp3) is 0.333. The van der Waals surface area contributed by atoms with E-state index in [1.54, 1.807) is 0 Å². The highest BCUT2D eigenvalue weighted by molar-refractivity contribution is 14.0. The molecule has 11 heavy (non-hydrogen) atoms. The first-order chi connectivity index (χ1) is 4.61. The highest BCUT2D eigenvalue weighted by atomic mass is 127.